The zero-order chi connectivity index (χ0) is 8.81. The van der Waals surface area contributed by atoms with Crippen LogP contribution in [0.2, 0.25) is 27.4 Å². The first-order valence-electron chi connectivity index (χ1n) is 3.66. The molecule has 0 nitrogen and oxygen atoms in total. The molecule has 0 atom stereocenters. The van der Waals surface area contributed by atoms with E-state index < -0.39 is 12.6 Å². The normalized spacial score (nSPS) is 24.3. The molecule has 0 N–H and O–H groups in total. The summed E-state index contributed by atoms with van der Waals surface area (Å²) in [4.78, 5) is 0. The van der Waals surface area contributed by atoms with Crippen LogP contribution in [0, 0.1) is 0 Å². The van der Waals surface area contributed by atoms with Gasteiger partial charge in [0.2, 0.25) is 0 Å². The van der Waals surface area contributed by atoms with Gasteiger partial charge in [0.25, 0.3) is 0 Å². The van der Waals surface area contributed by atoms with Crippen LogP contribution >= 0.6 is 0 Å². The van der Waals surface area contributed by atoms with Crippen molar-refractivity contribution in [2.24, 2.45) is 0 Å². The molecule has 0 amide bonds. The summed E-state index contributed by atoms with van der Waals surface area (Å²) in [7, 11) is 0. The van der Waals surface area contributed by atoms with Crippen molar-refractivity contribution in [2.45, 2.75) is 33.8 Å². The van der Waals surface area contributed by atoms with Gasteiger partial charge in [0.05, 0.1) is 0 Å². The summed E-state index contributed by atoms with van der Waals surface area (Å²) >= 11 is -2.66. The predicted molar refractivity (Wildman–Crippen MR) is 51.2 cm³/mol. The van der Waals surface area contributed by atoms with Gasteiger partial charge in [-0.3, -0.25) is 0 Å². The van der Waals surface area contributed by atoms with Crippen molar-refractivity contribution in [3.05, 3.63) is 22.4 Å². The summed E-state index contributed by atoms with van der Waals surface area (Å²) in [6, 6.07) is 0. The van der Waals surface area contributed by atoms with Crippen LogP contribution in [0.15, 0.2) is 22.4 Å². The molecule has 1 heteroatoms. The van der Waals surface area contributed by atoms with Crippen LogP contribution in [0.4, 0.5) is 0 Å². The van der Waals surface area contributed by atoms with Crippen molar-refractivity contribution >= 4 is 0 Å². The van der Waals surface area contributed by atoms with E-state index in [4.69, 9.17) is 0 Å². The first kappa shape index (κ1) is 9.21. The molecule has 0 bridgehead atoms. The third-order valence-corrected chi connectivity index (χ3v) is 11.0. The van der Waals surface area contributed by atoms with Crippen LogP contribution < -0.4 is 0 Å². The first-order valence-corrected chi connectivity index (χ1v) is 17.6. The third kappa shape index (κ3) is 2.27. The van der Waals surface area contributed by atoms with E-state index >= 15 is 0 Å². The van der Waals surface area contributed by atoms with Crippen LogP contribution in [0.3, 0.4) is 0 Å². The average Bonchev–Trinajstić information content (AvgIpc) is 2.01. The summed E-state index contributed by atoms with van der Waals surface area (Å²) in [6.07, 6.45) is 7.99. The minimum absolute atomic E-state index is 1.20. The Morgan fingerprint density at radius 2 is 1.64 bits per heavy atom. The molecule has 1 aliphatic carbocycles. The third-order valence-electron chi connectivity index (χ3n) is 1.85. The Labute approximate surface area is 69.0 Å². The first-order chi connectivity index (χ1) is 4.59. The maximum atomic E-state index is 2.49. The standard InChI is InChI=1S/C5H5.5CH3.Os/c1-2-4-5-3-1;;;;;;/h1-3H,4H2;5*1H3;. The van der Waals surface area contributed by atoms with E-state index in [1.54, 1.807) is 4.13 Å². The van der Waals surface area contributed by atoms with E-state index in [0.717, 1.165) is 0 Å². The van der Waals surface area contributed by atoms with Gasteiger partial charge in [-0.15, -0.1) is 0 Å². The molecule has 0 radical (unpaired) electrons. The van der Waals surface area contributed by atoms with Crippen LogP contribution in [0.5, 0.6) is 0 Å². The fourth-order valence-corrected chi connectivity index (χ4v) is 6.33. The Morgan fingerprint density at radius 1 is 1.09 bits per heavy atom. The van der Waals surface area contributed by atoms with E-state index in [1.807, 2.05) is 0 Å². The Balaban J connectivity index is 3.11. The van der Waals surface area contributed by atoms with Crippen molar-refractivity contribution in [3.63, 3.8) is 0 Å². The number of rotatable bonds is 1. The Kier molecular flexibility index (Phi) is 1.44. The average molecular weight is 331 g/mol. The summed E-state index contributed by atoms with van der Waals surface area (Å²) < 4.78 is 1.70. The second kappa shape index (κ2) is 1.72. The van der Waals surface area contributed by atoms with Crippen LogP contribution in [-0.2, 0) is 12.6 Å². The molecule has 0 aromatic carbocycles. The second-order valence-corrected chi connectivity index (χ2v) is 39.0. The molecule has 0 saturated carbocycles. The van der Waals surface area contributed by atoms with Gasteiger partial charge in [0.1, 0.15) is 0 Å². The number of allylic oxidation sites excluding steroid dienone is 4. The van der Waals surface area contributed by atoms with E-state index in [2.05, 4.69) is 45.6 Å². The fraction of sp³-hybridized carbons (Fsp3) is 0.600. The number of hydrogen-bond acceptors (Lipinski definition) is 0. The van der Waals surface area contributed by atoms with Crippen molar-refractivity contribution in [1.82, 2.24) is 0 Å². The summed E-state index contributed by atoms with van der Waals surface area (Å²) in [5.74, 6) is 0. The molecule has 1 aliphatic rings. The molecule has 0 fully saturated rings. The molecule has 68 valence electrons. The van der Waals surface area contributed by atoms with Crippen molar-refractivity contribution < 1.29 is 12.6 Å². The van der Waals surface area contributed by atoms with Crippen LogP contribution in [-0.4, -0.2) is 0 Å². The van der Waals surface area contributed by atoms with Crippen molar-refractivity contribution in [1.29, 1.82) is 0 Å². The maximum absolute atomic E-state index is 2.66. The quantitative estimate of drug-likeness (QED) is 0.672. The fourth-order valence-electron chi connectivity index (χ4n) is 1.07. The minimum atomic E-state index is -2.66. The van der Waals surface area contributed by atoms with Gasteiger partial charge in [-0.1, -0.05) is 0 Å². The van der Waals surface area contributed by atoms with Gasteiger partial charge in [0.15, 0.2) is 0 Å². The molecular formula is C10H20Os. The zero-order valence-corrected chi connectivity index (χ0v) is 10.8. The molecule has 0 aromatic rings. The Hall–Kier alpha value is 0.116. The molecule has 0 heterocycles. The monoisotopic (exact) mass is 332 g/mol. The van der Waals surface area contributed by atoms with Crippen molar-refractivity contribution in [3.8, 4) is 0 Å². The number of hydrogen-bond donors (Lipinski definition) is 0. The Bertz CT molecular complexity index is 232. The van der Waals surface area contributed by atoms with Crippen molar-refractivity contribution in [2.75, 3.05) is 0 Å². The van der Waals surface area contributed by atoms with Gasteiger partial charge < -0.3 is 0 Å². The predicted octanol–water partition coefficient (Wildman–Crippen LogP) is 4.30. The zero-order valence-electron chi connectivity index (χ0n) is 8.29. The molecule has 11 heavy (non-hydrogen) atoms. The summed E-state index contributed by atoms with van der Waals surface area (Å²) in [6.45, 7) is 0. The van der Waals surface area contributed by atoms with E-state index in [1.165, 1.54) is 6.42 Å². The van der Waals surface area contributed by atoms with E-state index in [-0.39, 0.29) is 0 Å². The molecule has 0 spiro atoms. The van der Waals surface area contributed by atoms with Gasteiger partial charge in [-0.05, 0) is 0 Å². The summed E-state index contributed by atoms with van der Waals surface area (Å²) in [5.41, 5.74) is 12.4. The molecular weight excluding hydrogens is 310 g/mol. The van der Waals surface area contributed by atoms with Gasteiger partial charge in [-0.2, -0.15) is 0 Å². The van der Waals surface area contributed by atoms with E-state index in [0.29, 0.717) is 0 Å². The molecule has 0 aromatic heterocycles. The second-order valence-electron chi connectivity index (χ2n) is 5.65. The summed E-state index contributed by atoms with van der Waals surface area (Å²) in [5, 5.41) is 0. The van der Waals surface area contributed by atoms with Gasteiger partial charge >= 0.3 is 68.8 Å². The molecule has 0 saturated heterocycles. The van der Waals surface area contributed by atoms with E-state index in [9.17, 15) is 0 Å². The molecule has 0 unspecified atom stereocenters. The SMILES string of the molecule is [CH3][Os]([CH3])([CH3])([CH3])([CH3])[C]1=CC=CC1. The topological polar surface area (TPSA) is 0 Å². The Morgan fingerprint density at radius 3 is 1.82 bits per heavy atom. The van der Waals surface area contributed by atoms with Gasteiger partial charge in [0, 0.05) is 0 Å². The van der Waals surface area contributed by atoms with Crippen LogP contribution in [0.25, 0.3) is 0 Å². The van der Waals surface area contributed by atoms with Crippen LogP contribution in [0.1, 0.15) is 6.42 Å². The molecule has 1 rings (SSSR count). The molecule has 0 aliphatic heterocycles. The van der Waals surface area contributed by atoms with Gasteiger partial charge in [-0.25, -0.2) is 0 Å².